The number of hydrogen-bond acceptors (Lipinski definition) is 7. The first kappa shape index (κ1) is 18.4. The number of nitrogens with one attached hydrogen (secondary N) is 2. The first-order valence-electron chi connectivity index (χ1n) is 8.36. The SMILES string of the molecule is COc1nccc2c(Nc3ccc(SNCCN(C)C)cc3)ccnc12. The fourth-order valence-electron chi connectivity index (χ4n) is 2.48. The Morgan fingerprint density at radius 3 is 2.54 bits per heavy atom. The summed E-state index contributed by atoms with van der Waals surface area (Å²) < 4.78 is 8.66. The van der Waals surface area contributed by atoms with Crippen molar-refractivity contribution in [3.63, 3.8) is 0 Å². The number of likely N-dealkylation sites (N-methyl/N-ethyl adjacent to an activating group) is 1. The fraction of sp³-hybridized carbons (Fsp3) is 0.263. The average Bonchev–Trinajstić information content (AvgIpc) is 2.66. The second-order valence-corrected chi connectivity index (χ2v) is 6.99. The topological polar surface area (TPSA) is 62.3 Å². The number of hydrogen-bond donors (Lipinski definition) is 2. The summed E-state index contributed by atoms with van der Waals surface area (Å²) in [4.78, 5) is 11.9. The zero-order chi connectivity index (χ0) is 18.4. The molecule has 26 heavy (non-hydrogen) atoms. The second-order valence-electron chi connectivity index (χ2n) is 6.02. The zero-order valence-electron chi connectivity index (χ0n) is 15.2. The monoisotopic (exact) mass is 369 g/mol. The van der Waals surface area contributed by atoms with Crippen molar-refractivity contribution in [1.82, 2.24) is 19.6 Å². The molecule has 3 rings (SSSR count). The Morgan fingerprint density at radius 1 is 1.04 bits per heavy atom. The first-order chi connectivity index (χ1) is 12.7. The highest BCUT2D eigenvalue weighted by Crippen LogP contribution is 2.29. The molecule has 0 aliphatic rings. The molecule has 0 saturated heterocycles. The normalized spacial score (nSPS) is 11.1. The summed E-state index contributed by atoms with van der Waals surface area (Å²) in [5, 5.41) is 4.42. The van der Waals surface area contributed by atoms with E-state index in [1.807, 2.05) is 12.1 Å². The Hall–Kier alpha value is -2.35. The Morgan fingerprint density at radius 2 is 1.81 bits per heavy atom. The van der Waals surface area contributed by atoms with Crippen molar-refractivity contribution in [2.45, 2.75) is 4.90 Å². The summed E-state index contributed by atoms with van der Waals surface area (Å²) in [7, 11) is 5.75. The van der Waals surface area contributed by atoms with Crippen LogP contribution in [0.4, 0.5) is 11.4 Å². The van der Waals surface area contributed by atoms with E-state index in [9.17, 15) is 0 Å². The van der Waals surface area contributed by atoms with Crippen LogP contribution in [0, 0.1) is 0 Å². The zero-order valence-corrected chi connectivity index (χ0v) is 16.0. The van der Waals surface area contributed by atoms with Crippen LogP contribution in [0.1, 0.15) is 0 Å². The molecule has 0 unspecified atom stereocenters. The van der Waals surface area contributed by atoms with Crippen LogP contribution >= 0.6 is 11.9 Å². The number of nitrogens with zero attached hydrogens (tertiary/aromatic N) is 3. The van der Waals surface area contributed by atoms with Crippen LogP contribution in [0.5, 0.6) is 5.88 Å². The van der Waals surface area contributed by atoms with E-state index in [-0.39, 0.29) is 0 Å². The molecule has 0 saturated carbocycles. The Bertz CT molecular complexity index is 854. The predicted molar refractivity (Wildman–Crippen MR) is 108 cm³/mol. The van der Waals surface area contributed by atoms with Gasteiger partial charge in [-0.25, -0.2) is 4.98 Å². The maximum Gasteiger partial charge on any atom is 0.240 e. The third kappa shape index (κ3) is 4.63. The van der Waals surface area contributed by atoms with Crippen LogP contribution in [0.3, 0.4) is 0 Å². The van der Waals surface area contributed by atoms with Crippen molar-refractivity contribution in [3.8, 4) is 5.88 Å². The van der Waals surface area contributed by atoms with Crippen molar-refractivity contribution in [2.24, 2.45) is 0 Å². The quantitative estimate of drug-likeness (QED) is 0.465. The lowest BCUT2D eigenvalue weighted by molar-refractivity contribution is 0.402. The minimum atomic E-state index is 0.529. The van der Waals surface area contributed by atoms with Crippen LogP contribution in [-0.2, 0) is 0 Å². The van der Waals surface area contributed by atoms with Crippen molar-refractivity contribution < 1.29 is 4.74 Å². The lowest BCUT2D eigenvalue weighted by atomic mass is 10.2. The number of benzene rings is 1. The molecule has 0 spiro atoms. The van der Waals surface area contributed by atoms with Crippen LogP contribution in [0.15, 0.2) is 53.7 Å². The maximum atomic E-state index is 5.30. The van der Waals surface area contributed by atoms with Crippen molar-refractivity contribution in [3.05, 3.63) is 48.8 Å². The Kier molecular flexibility index (Phi) is 6.27. The number of pyridine rings is 2. The molecule has 0 bridgehead atoms. The molecule has 2 heterocycles. The minimum absolute atomic E-state index is 0.529. The number of rotatable bonds is 8. The van der Waals surface area contributed by atoms with Crippen LogP contribution < -0.4 is 14.8 Å². The van der Waals surface area contributed by atoms with Gasteiger partial charge in [0.2, 0.25) is 5.88 Å². The van der Waals surface area contributed by atoms with Crippen LogP contribution in [-0.4, -0.2) is 49.2 Å². The highest BCUT2D eigenvalue weighted by atomic mass is 32.2. The van der Waals surface area contributed by atoms with E-state index in [1.54, 1.807) is 31.5 Å². The molecule has 0 aliphatic carbocycles. The second kappa shape index (κ2) is 8.84. The van der Waals surface area contributed by atoms with Crippen molar-refractivity contribution >= 4 is 34.2 Å². The molecule has 1 aromatic carbocycles. The van der Waals surface area contributed by atoms with Gasteiger partial charge in [-0.2, -0.15) is 0 Å². The largest absolute Gasteiger partial charge is 0.479 e. The summed E-state index contributed by atoms with van der Waals surface area (Å²) in [5.74, 6) is 0.529. The van der Waals surface area contributed by atoms with Gasteiger partial charge in [-0.15, -0.1) is 0 Å². The lowest BCUT2D eigenvalue weighted by Gasteiger charge is -2.12. The summed E-state index contributed by atoms with van der Waals surface area (Å²) >= 11 is 1.65. The summed E-state index contributed by atoms with van der Waals surface area (Å²) in [5.41, 5.74) is 2.74. The van der Waals surface area contributed by atoms with Crippen molar-refractivity contribution in [1.29, 1.82) is 0 Å². The number of fused-ring (bicyclic) bond motifs is 1. The molecular formula is C19H23N5OS. The highest BCUT2D eigenvalue weighted by molar-refractivity contribution is 7.97. The van der Waals surface area contributed by atoms with E-state index < -0.39 is 0 Å². The van der Waals surface area contributed by atoms with Crippen LogP contribution in [0.25, 0.3) is 10.9 Å². The fourth-order valence-corrected chi connectivity index (χ4v) is 3.11. The molecule has 7 heteroatoms. The molecule has 0 atom stereocenters. The minimum Gasteiger partial charge on any atom is -0.479 e. The molecule has 2 N–H and O–H groups in total. The predicted octanol–water partition coefficient (Wildman–Crippen LogP) is 3.54. The molecule has 0 radical (unpaired) electrons. The Labute approximate surface area is 158 Å². The first-order valence-corrected chi connectivity index (χ1v) is 9.18. The van der Waals surface area contributed by atoms with E-state index >= 15 is 0 Å². The molecular weight excluding hydrogens is 346 g/mol. The number of methoxy groups -OCH3 is 1. The summed E-state index contributed by atoms with van der Waals surface area (Å²) in [6, 6.07) is 12.2. The van der Waals surface area contributed by atoms with E-state index in [1.165, 1.54) is 4.90 Å². The van der Waals surface area contributed by atoms with Gasteiger partial charge in [0.15, 0.2) is 0 Å². The van der Waals surface area contributed by atoms with E-state index in [4.69, 9.17) is 4.74 Å². The van der Waals surface area contributed by atoms with Gasteiger partial charge < -0.3 is 15.0 Å². The molecule has 2 aromatic heterocycles. The molecule has 3 aromatic rings. The highest BCUT2D eigenvalue weighted by Gasteiger charge is 2.08. The smallest absolute Gasteiger partial charge is 0.240 e. The van der Waals surface area contributed by atoms with Gasteiger partial charge >= 0.3 is 0 Å². The average molecular weight is 369 g/mol. The third-order valence-corrected chi connectivity index (χ3v) is 4.66. The van der Waals surface area contributed by atoms with Gasteiger partial charge in [0.1, 0.15) is 5.52 Å². The third-order valence-electron chi connectivity index (χ3n) is 3.80. The Balaban J connectivity index is 1.69. The van der Waals surface area contributed by atoms with Gasteiger partial charge in [-0.05, 0) is 62.4 Å². The summed E-state index contributed by atoms with van der Waals surface area (Å²) in [6.45, 7) is 1.95. The number of ether oxygens (including phenoxy) is 1. The molecule has 6 nitrogen and oxygen atoms in total. The van der Waals surface area contributed by atoms with Gasteiger partial charge in [0.25, 0.3) is 0 Å². The standard InChI is InChI=1S/C19H23N5OS/c1-24(2)13-12-22-26-15-6-4-14(5-7-15)23-17-9-11-20-18-16(17)8-10-21-19(18)25-3/h4-11,22H,12-13H2,1-3H3,(H,20,23). The van der Waals surface area contributed by atoms with Gasteiger partial charge in [-0.1, -0.05) is 0 Å². The number of aromatic nitrogens is 2. The lowest BCUT2D eigenvalue weighted by Crippen LogP contribution is -2.22. The van der Waals surface area contributed by atoms with Crippen LogP contribution in [0.2, 0.25) is 0 Å². The molecule has 0 fully saturated rings. The molecule has 0 aliphatic heterocycles. The van der Waals surface area contributed by atoms with E-state index in [0.717, 1.165) is 35.4 Å². The maximum absolute atomic E-state index is 5.30. The van der Waals surface area contributed by atoms with Gasteiger partial charge in [0, 0.05) is 47.1 Å². The van der Waals surface area contributed by atoms with E-state index in [2.05, 4.69) is 63.3 Å². The molecule has 136 valence electrons. The summed E-state index contributed by atoms with van der Waals surface area (Å²) in [6.07, 6.45) is 3.49. The van der Waals surface area contributed by atoms with Crippen molar-refractivity contribution in [2.75, 3.05) is 39.6 Å². The van der Waals surface area contributed by atoms with E-state index in [0.29, 0.717) is 5.88 Å². The number of anilines is 2. The van der Waals surface area contributed by atoms with Gasteiger partial charge in [0.05, 0.1) is 7.11 Å². The van der Waals surface area contributed by atoms with Gasteiger partial charge in [-0.3, -0.25) is 9.71 Å². The molecule has 0 amide bonds.